The molecule has 0 radical (unpaired) electrons. The zero-order chi connectivity index (χ0) is 19.5. The molecule has 1 amide bonds. The lowest BCUT2D eigenvalue weighted by atomic mass is 9.92. The quantitative estimate of drug-likeness (QED) is 0.678. The minimum absolute atomic E-state index is 0.187. The molecule has 0 spiro atoms. The van der Waals surface area contributed by atoms with Crippen molar-refractivity contribution >= 4 is 23.3 Å². The molecule has 5 nitrogen and oxygen atoms in total. The molecule has 2 fully saturated rings. The summed E-state index contributed by atoms with van der Waals surface area (Å²) in [5, 5.41) is 17.2. The number of halogens is 1. The Morgan fingerprint density at radius 3 is 2.61 bits per heavy atom. The number of rotatable bonds is 6. The van der Waals surface area contributed by atoms with Crippen LogP contribution in [0.2, 0.25) is 5.02 Å². The first-order valence-corrected chi connectivity index (χ1v) is 10.5. The van der Waals surface area contributed by atoms with E-state index in [1.54, 1.807) is 6.20 Å². The molecule has 2 aliphatic rings. The molecule has 28 heavy (non-hydrogen) atoms. The van der Waals surface area contributed by atoms with Crippen LogP contribution in [-0.2, 0) is 0 Å². The number of hydrogen-bond acceptors (Lipinski definition) is 4. The van der Waals surface area contributed by atoms with Gasteiger partial charge in [-0.05, 0) is 55.4 Å². The lowest BCUT2D eigenvalue weighted by Crippen LogP contribution is -2.45. The van der Waals surface area contributed by atoms with Gasteiger partial charge in [-0.15, -0.1) is 0 Å². The smallest absolute Gasteiger partial charge is 0.253 e. The number of benzene rings is 1. The maximum atomic E-state index is 12.8. The Labute approximate surface area is 170 Å². The van der Waals surface area contributed by atoms with Gasteiger partial charge in [0, 0.05) is 23.3 Å². The van der Waals surface area contributed by atoms with Crippen LogP contribution >= 0.6 is 11.6 Å². The number of nitrogens with zero attached hydrogens (tertiary/aromatic N) is 1. The molecule has 148 valence electrons. The number of hydrogen-bond donors (Lipinski definition) is 3. The summed E-state index contributed by atoms with van der Waals surface area (Å²) in [6, 6.07) is 9.24. The van der Waals surface area contributed by atoms with Gasteiger partial charge in [0.15, 0.2) is 0 Å². The van der Waals surface area contributed by atoms with E-state index in [-0.39, 0.29) is 11.9 Å². The lowest BCUT2D eigenvalue weighted by molar-refractivity contribution is 0.0717. The van der Waals surface area contributed by atoms with E-state index in [0.717, 1.165) is 55.1 Å². The van der Waals surface area contributed by atoms with Crippen LogP contribution in [0.3, 0.4) is 0 Å². The van der Waals surface area contributed by atoms with Gasteiger partial charge < -0.3 is 15.7 Å². The number of aliphatic hydroxyl groups excluding tert-OH is 1. The van der Waals surface area contributed by atoms with Crippen molar-refractivity contribution in [2.24, 2.45) is 5.92 Å². The van der Waals surface area contributed by atoms with E-state index in [1.165, 1.54) is 12.8 Å². The van der Waals surface area contributed by atoms with Crippen LogP contribution in [0.4, 0.5) is 5.82 Å². The highest BCUT2D eigenvalue weighted by molar-refractivity contribution is 6.30. The average molecular weight is 400 g/mol. The summed E-state index contributed by atoms with van der Waals surface area (Å²) in [5.74, 6) is 1.31. The van der Waals surface area contributed by atoms with Crippen molar-refractivity contribution in [3.8, 4) is 11.1 Å². The molecule has 2 saturated carbocycles. The number of carbonyl (C=O) groups excluding carboxylic acids is 1. The molecular formula is C22H26ClN3O2. The molecule has 6 heteroatoms. The topological polar surface area (TPSA) is 74.2 Å². The van der Waals surface area contributed by atoms with Gasteiger partial charge in [0.1, 0.15) is 5.82 Å². The second-order valence-corrected chi connectivity index (χ2v) is 8.32. The summed E-state index contributed by atoms with van der Waals surface area (Å²) in [4.78, 5) is 17.3. The van der Waals surface area contributed by atoms with E-state index < -0.39 is 6.10 Å². The molecule has 3 N–H and O–H groups in total. The first-order chi connectivity index (χ1) is 13.6. The van der Waals surface area contributed by atoms with Crippen LogP contribution in [0.5, 0.6) is 0 Å². The maximum Gasteiger partial charge on any atom is 0.253 e. The first-order valence-electron chi connectivity index (χ1n) is 10.1. The molecule has 0 saturated heterocycles. The number of pyridine rings is 1. The lowest BCUT2D eigenvalue weighted by Gasteiger charge is -2.28. The number of amides is 1. The number of aromatic nitrogens is 1. The van der Waals surface area contributed by atoms with Crippen LogP contribution in [0.1, 0.15) is 48.9 Å². The number of nitrogens with one attached hydrogen (secondary N) is 2. The molecule has 2 atom stereocenters. The Kier molecular flexibility index (Phi) is 5.83. The van der Waals surface area contributed by atoms with Gasteiger partial charge in [-0.2, -0.15) is 0 Å². The van der Waals surface area contributed by atoms with Crippen LogP contribution in [0.15, 0.2) is 36.5 Å². The van der Waals surface area contributed by atoms with Crippen molar-refractivity contribution in [1.29, 1.82) is 0 Å². The summed E-state index contributed by atoms with van der Waals surface area (Å²) >= 11 is 6.03. The molecule has 4 rings (SSSR count). The van der Waals surface area contributed by atoms with Gasteiger partial charge >= 0.3 is 0 Å². The van der Waals surface area contributed by atoms with Crippen molar-refractivity contribution < 1.29 is 9.90 Å². The largest absolute Gasteiger partial charge is 0.391 e. The third-order valence-electron chi connectivity index (χ3n) is 5.61. The highest BCUT2D eigenvalue weighted by Crippen LogP contribution is 2.32. The van der Waals surface area contributed by atoms with E-state index >= 15 is 0 Å². The van der Waals surface area contributed by atoms with Crippen molar-refractivity contribution in [2.45, 2.75) is 50.7 Å². The molecular weight excluding hydrogens is 374 g/mol. The van der Waals surface area contributed by atoms with Crippen LogP contribution < -0.4 is 10.6 Å². The van der Waals surface area contributed by atoms with Crippen LogP contribution in [0.25, 0.3) is 11.1 Å². The molecule has 1 heterocycles. The fourth-order valence-electron chi connectivity index (χ4n) is 3.67. The molecule has 2 aliphatic carbocycles. The third kappa shape index (κ3) is 4.65. The number of anilines is 1. The number of aliphatic hydroxyl groups is 1. The zero-order valence-corrected chi connectivity index (χ0v) is 16.6. The summed E-state index contributed by atoms with van der Waals surface area (Å²) in [6.07, 6.45) is 7.24. The third-order valence-corrected chi connectivity index (χ3v) is 5.86. The minimum Gasteiger partial charge on any atom is -0.391 e. The van der Waals surface area contributed by atoms with Crippen molar-refractivity contribution in [1.82, 2.24) is 10.3 Å². The standard InChI is InChI=1S/C22H26ClN3O2/c23-17-9-7-15(8-10-17)18-11-16(13-25-21(18)24-12-14-5-6-14)22(28)26-19-3-1-2-4-20(19)27/h7-11,13-14,19-20,27H,1-6,12H2,(H,24,25)(H,26,28). The minimum atomic E-state index is -0.471. The average Bonchev–Trinajstić information content (AvgIpc) is 3.53. The Morgan fingerprint density at radius 1 is 1.14 bits per heavy atom. The highest BCUT2D eigenvalue weighted by Gasteiger charge is 2.26. The first kappa shape index (κ1) is 19.2. The highest BCUT2D eigenvalue weighted by atomic mass is 35.5. The summed E-state index contributed by atoms with van der Waals surface area (Å²) in [6.45, 7) is 0.896. The summed E-state index contributed by atoms with van der Waals surface area (Å²) < 4.78 is 0. The van der Waals surface area contributed by atoms with Gasteiger partial charge in [0.2, 0.25) is 0 Å². The van der Waals surface area contributed by atoms with Gasteiger partial charge in [0.25, 0.3) is 5.91 Å². The SMILES string of the molecule is O=C(NC1CCCCC1O)c1cnc(NCC2CC2)c(-c2ccc(Cl)cc2)c1. The van der Waals surface area contributed by atoms with E-state index in [9.17, 15) is 9.90 Å². The fraction of sp³-hybridized carbons (Fsp3) is 0.455. The van der Waals surface area contributed by atoms with Crippen LogP contribution in [0, 0.1) is 5.92 Å². The fourth-order valence-corrected chi connectivity index (χ4v) is 3.80. The Balaban J connectivity index is 1.57. The molecule has 2 aromatic rings. The predicted molar refractivity (Wildman–Crippen MR) is 112 cm³/mol. The summed E-state index contributed by atoms with van der Waals surface area (Å²) in [7, 11) is 0. The van der Waals surface area contributed by atoms with Gasteiger partial charge in [-0.25, -0.2) is 4.98 Å². The Morgan fingerprint density at radius 2 is 1.89 bits per heavy atom. The maximum absolute atomic E-state index is 12.8. The van der Waals surface area contributed by atoms with E-state index in [4.69, 9.17) is 11.6 Å². The van der Waals surface area contributed by atoms with E-state index in [0.29, 0.717) is 10.6 Å². The monoisotopic (exact) mass is 399 g/mol. The van der Waals surface area contributed by atoms with Gasteiger partial charge in [-0.3, -0.25) is 4.79 Å². The van der Waals surface area contributed by atoms with Crippen molar-refractivity contribution in [3.05, 3.63) is 47.1 Å². The Bertz CT molecular complexity index is 836. The zero-order valence-electron chi connectivity index (χ0n) is 15.8. The molecule has 0 bridgehead atoms. The van der Waals surface area contributed by atoms with Crippen molar-refractivity contribution in [2.75, 3.05) is 11.9 Å². The molecule has 1 aromatic carbocycles. The second kappa shape index (κ2) is 8.50. The van der Waals surface area contributed by atoms with E-state index in [2.05, 4.69) is 15.6 Å². The van der Waals surface area contributed by atoms with Crippen LogP contribution in [-0.4, -0.2) is 34.7 Å². The summed E-state index contributed by atoms with van der Waals surface area (Å²) in [5.41, 5.74) is 2.34. The van der Waals surface area contributed by atoms with Gasteiger partial charge in [0.05, 0.1) is 17.7 Å². The predicted octanol–water partition coefficient (Wildman–Crippen LogP) is 4.26. The second-order valence-electron chi connectivity index (χ2n) is 7.88. The molecule has 1 aromatic heterocycles. The van der Waals surface area contributed by atoms with Gasteiger partial charge in [-0.1, -0.05) is 36.6 Å². The Hall–Kier alpha value is -2.11. The van der Waals surface area contributed by atoms with E-state index in [1.807, 2.05) is 30.3 Å². The number of carbonyl (C=O) groups is 1. The molecule has 2 unspecified atom stereocenters. The molecule has 0 aliphatic heterocycles. The normalized spacial score (nSPS) is 21.9. The van der Waals surface area contributed by atoms with Crippen molar-refractivity contribution in [3.63, 3.8) is 0 Å².